The maximum atomic E-state index is 12.3. The molecule has 1 heterocycles. The molecule has 0 saturated heterocycles. The predicted molar refractivity (Wildman–Crippen MR) is 92.6 cm³/mol. The molecule has 1 aromatic carbocycles. The minimum atomic E-state index is -0.577. The number of aryl methyl sites for hydroxylation is 1. The number of carbonyl (C=O) groups excluding carboxylic acids is 3. The zero-order valence-corrected chi connectivity index (χ0v) is 14.8. The fourth-order valence-electron chi connectivity index (χ4n) is 2.36. The van der Waals surface area contributed by atoms with Gasteiger partial charge in [-0.05, 0) is 44.5 Å². The van der Waals surface area contributed by atoms with Crippen LogP contribution in [0.15, 0.2) is 24.3 Å². The van der Waals surface area contributed by atoms with Crippen molar-refractivity contribution in [3.8, 4) is 0 Å². The van der Waals surface area contributed by atoms with Gasteiger partial charge in [0.1, 0.15) is 5.69 Å². The van der Waals surface area contributed by atoms with Gasteiger partial charge in [0.05, 0.1) is 12.2 Å². The summed E-state index contributed by atoms with van der Waals surface area (Å²) in [7, 11) is 0. The Kier molecular flexibility index (Phi) is 5.82. The first-order valence-electron chi connectivity index (χ1n) is 7.57. The van der Waals surface area contributed by atoms with Gasteiger partial charge in [0.25, 0.3) is 11.8 Å². The zero-order valence-electron chi connectivity index (χ0n) is 14.0. The second-order valence-electron chi connectivity index (χ2n) is 5.26. The molecule has 0 aliphatic rings. The maximum Gasteiger partial charge on any atom is 0.340 e. The number of halogens is 1. The maximum absolute atomic E-state index is 12.3. The van der Waals surface area contributed by atoms with Crippen LogP contribution in [0.3, 0.4) is 0 Å². The summed E-state index contributed by atoms with van der Waals surface area (Å²) < 4.78 is 4.98. The van der Waals surface area contributed by atoms with Crippen molar-refractivity contribution >= 4 is 29.4 Å². The van der Waals surface area contributed by atoms with Gasteiger partial charge in [0.15, 0.2) is 0 Å². The van der Waals surface area contributed by atoms with E-state index in [0.29, 0.717) is 27.4 Å². The molecule has 0 unspecified atom stereocenters. The molecule has 0 fully saturated rings. The molecule has 8 heteroatoms. The number of esters is 1. The Balaban J connectivity index is 2.10. The molecule has 0 bridgehead atoms. The summed E-state index contributed by atoms with van der Waals surface area (Å²) in [4.78, 5) is 39.1. The van der Waals surface area contributed by atoms with Crippen LogP contribution in [0.2, 0.25) is 5.02 Å². The molecular formula is C17H18ClN3O4. The number of aromatic nitrogens is 1. The molecule has 7 nitrogen and oxygen atoms in total. The summed E-state index contributed by atoms with van der Waals surface area (Å²) in [6.07, 6.45) is 0. The van der Waals surface area contributed by atoms with Crippen LogP contribution in [0, 0.1) is 13.8 Å². The fourth-order valence-corrected chi connectivity index (χ4v) is 2.55. The van der Waals surface area contributed by atoms with Crippen LogP contribution < -0.4 is 10.9 Å². The number of aromatic amines is 1. The molecule has 0 saturated carbocycles. The van der Waals surface area contributed by atoms with Crippen LogP contribution in [0.4, 0.5) is 0 Å². The van der Waals surface area contributed by atoms with Gasteiger partial charge in [-0.3, -0.25) is 20.4 Å². The molecule has 2 aromatic rings. The van der Waals surface area contributed by atoms with Crippen molar-refractivity contribution in [3.05, 3.63) is 57.4 Å². The molecule has 132 valence electrons. The van der Waals surface area contributed by atoms with Gasteiger partial charge in [0.2, 0.25) is 0 Å². The molecule has 3 N–H and O–H groups in total. The quantitative estimate of drug-likeness (QED) is 0.574. The van der Waals surface area contributed by atoms with E-state index in [0.717, 1.165) is 0 Å². The first-order chi connectivity index (χ1) is 11.8. The summed E-state index contributed by atoms with van der Waals surface area (Å²) in [5.41, 5.74) is 6.36. The lowest BCUT2D eigenvalue weighted by Gasteiger charge is -2.07. The molecule has 0 spiro atoms. The van der Waals surface area contributed by atoms with Crippen molar-refractivity contribution in [2.75, 3.05) is 6.61 Å². The predicted octanol–water partition coefficient (Wildman–Crippen LogP) is 2.54. The van der Waals surface area contributed by atoms with E-state index in [9.17, 15) is 14.4 Å². The smallest absolute Gasteiger partial charge is 0.340 e. The number of ether oxygens (including phenoxy) is 1. The summed E-state index contributed by atoms with van der Waals surface area (Å²) in [5, 5.41) is 0.411. The SMILES string of the molecule is CCOC(=O)c1c(C)[nH]c(C(=O)NNC(=O)c2cccc(Cl)c2)c1C. The Morgan fingerprint density at radius 3 is 2.48 bits per heavy atom. The Morgan fingerprint density at radius 1 is 1.16 bits per heavy atom. The molecule has 25 heavy (non-hydrogen) atoms. The molecule has 0 radical (unpaired) electrons. The van der Waals surface area contributed by atoms with Gasteiger partial charge in [-0.15, -0.1) is 0 Å². The monoisotopic (exact) mass is 363 g/mol. The minimum Gasteiger partial charge on any atom is -0.462 e. The number of nitrogens with one attached hydrogen (secondary N) is 3. The molecule has 2 amide bonds. The zero-order chi connectivity index (χ0) is 18.6. The van der Waals surface area contributed by atoms with E-state index in [1.54, 1.807) is 39.0 Å². The van der Waals surface area contributed by atoms with Crippen molar-refractivity contribution in [1.29, 1.82) is 0 Å². The van der Waals surface area contributed by atoms with Crippen molar-refractivity contribution < 1.29 is 19.1 Å². The third kappa shape index (κ3) is 4.19. The highest BCUT2D eigenvalue weighted by molar-refractivity contribution is 6.31. The molecule has 2 rings (SSSR count). The van der Waals surface area contributed by atoms with Crippen LogP contribution in [-0.2, 0) is 4.74 Å². The first kappa shape index (κ1) is 18.5. The summed E-state index contributed by atoms with van der Waals surface area (Å²) >= 11 is 5.83. The van der Waals surface area contributed by atoms with Crippen molar-refractivity contribution in [2.45, 2.75) is 20.8 Å². The average molecular weight is 364 g/mol. The molecular weight excluding hydrogens is 346 g/mol. The second kappa shape index (κ2) is 7.85. The van der Waals surface area contributed by atoms with Crippen molar-refractivity contribution in [3.63, 3.8) is 0 Å². The number of rotatable bonds is 4. The van der Waals surface area contributed by atoms with Gasteiger partial charge in [-0.2, -0.15) is 0 Å². The lowest BCUT2D eigenvalue weighted by Crippen LogP contribution is -2.42. The number of hydrogen-bond donors (Lipinski definition) is 3. The van der Waals surface area contributed by atoms with E-state index in [4.69, 9.17) is 16.3 Å². The van der Waals surface area contributed by atoms with Crippen LogP contribution in [-0.4, -0.2) is 29.4 Å². The third-order valence-corrected chi connectivity index (χ3v) is 3.76. The first-order valence-corrected chi connectivity index (χ1v) is 7.95. The summed E-state index contributed by atoms with van der Waals surface area (Å²) in [6, 6.07) is 6.31. The highest BCUT2D eigenvalue weighted by Crippen LogP contribution is 2.19. The number of H-pyrrole nitrogens is 1. The van der Waals surface area contributed by atoms with E-state index >= 15 is 0 Å². The van der Waals surface area contributed by atoms with E-state index in [1.165, 1.54) is 6.07 Å². The Bertz CT molecular complexity index is 829. The Hall–Kier alpha value is -2.80. The molecule has 1 aromatic heterocycles. The van der Waals surface area contributed by atoms with E-state index < -0.39 is 17.8 Å². The van der Waals surface area contributed by atoms with E-state index in [1.807, 2.05) is 0 Å². The van der Waals surface area contributed by atoms with Gasteiger partial charge in [-0.25, -0.2) is 4.79 Å². The Morgan fingerprint density at radius 2 is 1.84 bits per heavy atom. The number of benzene rings is 1. The third-order valence-electron chi connectivity index (χ3n) is 3.52. The van der Waals surface area contributed by atoms with Gasteiger partial charge >= 0.3 is 5.97 Å². The average Bonchev–Trinajstić information content (AvgIpc) is 2.87. The molecule has 0 aliphatic heterocycles. The summed E-state index contributed by atoms with van der Waals surface area (Å²) in [6.45, 7) is 5.23. The van der Waals surface area contributed by atoms with Crippen LogP contribution >= 0.6 is 11.6 Å². The lowest BCUT2D eigenvalue weighted by atomic mass is 10.1. The lowest BCUT2D eigenvalue weighted by molar-refractivity contribution is 0.0524. The van der Waals surface area contributed by atoms with Crippen LogP contribution in [0.25, 0.3) is 0 Å². The van der Waals surface area contributed by atoms with Gasteiger partial charge in [-0.1, -0.05) is 17.7 Å². The number of hydrazine groups is 1. The standard InChI is InChI=1S/C17H18ClN3O4/c1-4-25-17(24)13-9(2)14(19-10(13)3)16(23)21-20-15(22)11-6-5-7-12(18)8-11/h5-8,19H,4H2,1-3H3,(H,20,22)(H,21,23). The van der Waals surface area contributed by atoms with Crippen LogP contribution in [0.5, 0.6) is 0 Å². The van der Waals surface area contributed by atoms with Crippen LogP contribution in [0.1, 0.15) is 49.4 Å². The van der Waals surface area contributed by atoms with Gasteiger partial charge < -0.3 is 9.72 Å². The van der Waals surface area contributed by atoms with Crippen molar-refractivity contribution in [2.24, 2.45) is 0 Å². The number of carbonyl (C=O) groups is 3. The fraction of sp³-hybridized carbons (Fsp3) is 0.235. The van der Waals surface area contributed by atoms with Crippen molar-refractivity contribution in [1.82, 2.24) is 15.8 Å². The van der Waals surface area contributed by atoms with E-state index in [2.05, 4.69) is 15.8 Å². The minimum absolute atomic E-state index is 0.173. The largest absolute Gasteiger partial charge is 0.462 e. The molecule has 0 atom stereocenters. The Labute approximate surface area is 149 Å². The highest BCUT2D eigenvalue weighted by Gasteiger charge is 2.23. The normalized spacial score (nSPS) is 10.2. The molecule has 0 aliphatic carbocycles. The summed E-state index contributed by atoms with van der Waals surface area (Å²) in [5.74, 6) is -1.59. The second-order valence-corrected chi connectivity index (χ2v) is 5.70. The number of amides is 2. The topological polar surface area (TPSA) is 100 Å². The van der Waals surface area contributed by atoms with E-state index in [-0.39, 0.29) is 12.3 Å². The number of hydrogen-bond acceptors (Lipinski definition) is 4. The highest BCUT2D eigenvalue weighted by atomic mass is 35.5. The van der Waals surface area contributed by atoms with Gasteiger partial charge in [0, 0.05) is 16.3 Å².